The van der Waals surface area contributed by atoms with Crippen molar-refractivity contribution in [3.05, 3.63) is 71.3 Å². The van der Waals surface area contributed by atoms with Crippen LogP contribution >= 0.6 is 0 Å². The van der Waals surface area contributed by atoms with Gasteiger partial charge in [-0.05, 0) is 85.2 Å². The Morgan fingerprint density at radius 3 is 2.07 bits per heavy atom. The molecule has 2 aromatic carbocycles. The van der Waals surface area contributed by atoms with Crippen molar-refractivity contribution in [2.24, 2.45) is 5.92 Å². The molecule has 1 heterocycles. The van der Waals surface area contributed by atoms with E-state index in [0.29, 0.717) is 11.8 Å². The molecule has 1 aliphatic heterocycles. The van der Waals surface area contributed by atoms with Crippen LogP contribution in [0.5, 0.6) is 0 Å². The number of hydrogen-bond acceptors (Lipinski definition) is 1. The fourth-order valence-corrected chi connectivity index (χ4v) is 4.80. The second-order valence-corrected chi connectivity index (χ2v) is 10.3. The maximum absolute atomic E-state index is 2.70. The molecule has 0 amide bonds. The monoisotopic (exact) mass is 391 g/mol. The maximum atomic E-state index is 2.70. The first-order valence-corrected chi connectivity index (χ1v) is 11.7. The molecule has 1 saturated heterocycles. The Kier molecular flexibility index (Phi) is 7.57. The van der Waals surface area contributed by atoms with Crippen LogP contribution in [-0.4, -0.2) is 24.5 Å². The highest BCUT2D eigenvalue weighted by Gasteiger charge is 2.24. The lowest BCUT2D eigenvalue weighted by atomic mass is 9.81. The van der Waals surface area contributed by atoms with Crippen molar-refractivity contribution in [1.29, 1.82) is 0 Å². The van der Waals surface area contributed by atoms with E-state index in [1.165, 1.54) is 62.0 Å². The molecule has 158 valence electrons. The zero-order chi connectivity index (χ0) is 20.9. The highest BCUT2D eigenvalue weighted by atomic mass is 15.1. The van der Waals surface area contributed by atoms with Crippen LogP contribution in [0.15, 0.2) is 54.6 Å². The van der Waals surface area contributed by atoms with Crippen molar-refractivity contribution < 1.29 is 0 Å². The molecular weight excluding hydrogens is 350 g/mol. The lowest BCUT2D eigenvalue weighted by molar-refractivity contribution is 0.168. The van der Waals surface area contributed by atoms with Crippen LogP contribution in [0.1, 0.15) is 88.8 Å². The fraction of sp³-hybridized carbons (Fsp3) is 0.571. The molecule has 2 unspecified atom stereocenters. The van der Waals surface area contributed by atoms with E-state index in [0.717, 1.165) is 5.92 Å². The van der Waals surface area contributed by atoms with E-state index in [-0.39, 0.29) is 5.41 Å². The highest BCUT2D eigenvalue weighted by Crippen LogP contribution is 2.32. The summed E-state index contributed by atoms with van der Waals surface area (Å²) in [6, 6.07) is 20.4. The van der Waals surface area contributed by atoms with Crippen LogP contribution in [0.3, 0.4) is 0 Å². The summed E-state index contributed by atoms with van der Waals surface area (Å²) in [6.07, 6.45) is 5.29. The van der Waals surface area contributed by atoms with Gasteiger partial charge >= 0.3 is 0 Å². The Morgan fingerprint density at radius 1 is 0.862 bits per heavy atom. The van der Waals surface area contributed by atoms with Crippen LogP contribution in [0.4, 0.5) is 0 Å². The quantitative estimate of drug-likeness (QED) is 0.476. The molecule has 0 saturated carbocycles. The largest absolute Gasteiger partial charge is 0.303 e. The summed E-state index contributed by atoms with van der Waals surface area (Å²) in [4.78, 5) is 2.70. The smallest absolute Gasteiger partial charge is 0.00159 e. The molecule has 0 spiro atoms. The van der Waals surface area contributed by atoms with Gasteiger partial charge in [0.15, 0.2) is 0 Å². The molecule has 0 bridgehead atoms. The maximum Gasteiger partial charge on any atom is -0.00159 e. The SMILES string of the molecule is CC(CCCN1CCC(C(C)c2ccccc2)CC1)c1ccc(C(C)(C)C)cc1. The predicted octanol–water partition coefficient (Wildman–Crippen LogP) is 7.38. The molecule has 2 aromatic rings. The standard InChI is InChI=1S/C28H41N/c1-22(24-13-15-27(16-14-24)28(3,4)5)10-9-19-29-20-17-26(18-21-29)23(2)25-11-7-6-8-12-25/h6-8,11-16,22-23,26H,9-10,17-21H2,1-5H3. The summed E-state index contributed by atoms with van der Waals surface area (Å²) in [5, 5.41) is 0. The summed E-state index contributed by atoms with van der Waals surface area (Å²) in [7, 11) is 0. The zero-order valence-corrected chi connectivity index (χ0v) is 19.3. The number of piperidine rings is 1. The van der Waals surface area contributed by atoms with Gasteiger partial charge in [-0.15, -0.1) is 0 Å². The first-order valence-electron chi connectivity index (χ1n) is 11.7. The van der Waals surface area contributed by atoms with Crippen molar-refractivity contribution >= 4 is 0 Å². The first-order chi connectivity index (χ1) is 13.8. The van der Waals surface area contributed by atoms with Crippen molar-refractivity contribution in [3.8, 4) is 0 Å². The molecule has 0 aromatic heterocycles. The van der Waals surface area contributed by atoms with Crippen LogP contribution < -0.4 is 0 Å². The van der Waals surface area contributed by atoms with Crippen LogP contribution in [-0.2, 0) is 5.41 Å². The number of benzene rings is 2. The number of nitrogens with zero attached hydrogens (tertiary/aromatic N) is 1. The van der Waals surface area contributed by atoms with Crippen LogP contribution in [0.2, 0.25) is 0 Å². The summed E-state index contributed by atoms with van der Waals surface area (Å²) in [5.74, 6) is 2.18. The molecule has 0 N–H and O–H groups in total. The molecule has 0 aliphatic carbocycles. The molecule has 3 rings (SSSR count). The first kappa shape index (κ1) is 22.1. The van der Waals surface area contributed by atoms with Gasteiger partial charge in [-0.2, -0.15) is 0 Å². The molecule has 1 nitrogen and oxygen atoms in total. The van der Waals surface area contributed by atoms with Gasteiger partial charge < -0.3 is 4.90 Å². The number of likely N-dealkylation sites (tertiary alicyclic amines) is 1. The fourth-order valence-electron chi connectivity index (χ4n) is 4.80. The molecule has 1 heteroatoms. The van der Waals surface area contributed by atoms with Gasteiger partial charge in [0.1, 0.15) is 0 Å². The normalized spacial score (nSPS) is 18.5. The van der Waals surface area contributed by atoms with E-state index in [9.17, 15) is 0 Å². The van der Waals surface area contributed by atoms with Crippen LogP contribution in [0.25, 0.3) is 0 Å². The van der Waals surface area contributed by atoms with Crippen molar-refractivity contribution in [2.75, 3.05) is 19.6 Å². The van der Waals surface area contributed by atoms with Crippen molar-refractivity contribution in [1.82, 2.24) is 4.90 Å². The third kappa shape index (κ3) is 6.19. The minimum absolute atomic E-state index is 0.242. The second-order valence-electron chi connectivity index (χ2n) is 10.3. The van der Waals surface area contributed by atoms with Crippen molar-refractivity contribution in [2.45, 2.75) is 77.6 Å². The topological polar surface area (TPSA) is 3.24 Å². The molecule has 29 heavy (non-hydrogen) atoms. The van der Waals surface area contributed by atoms with Gasteiger partial charge in [0.25, 0.3) is 0 Å². The summed E-state index contributed by atoms with van der Waals surface area (Å²) in [5.41, 5.74) is 4.68. The summed E-state index contributed by atoms with van der Waals surface area (Å²) < 4.78 is 0. The average molecular weight is 392 g/mol. The summed E-state index contributed by atoms with van der Waals surface area (Å²) >= 11 is 0. The minimum Gasteiger partial charge on any atom is -0.303 e. The Morgan fingerprint density at radius 2 is 1.48 bits per heavy atom. The Bertz CT molecular complexity index is 717. The third-order valence-corrected chi connectivity index (χ3v) is 7.12. The van der Waals surface area contributed by atoms with Crippen molar-refractivity contribution in [3.63, 3.8) is 0 Å². The van der Waals surface area contributed by atoms with Gasteiger partial charge in [0, 0.05) is 0 Å². The summed E-state index contributed by atoms with van der Waals surface area (Å²) in [6.45, 7) is 15.5. The highest BCUT2D eigenvalue weighted by molar-refractivity contribution is 5.29. The second kappa shape index (κ2) is 9.94. The molecule has 0 radical (unpaired) electrons. The van der Waals surface area contributed by atoms with E-state index >= 15 is 0 Å². The Balaban J connectivity index is 1.39. The van der Waals surface area contributed by atoms with Gasteiger partial charge in [0.2, 0.25) is 0 Å². The van der Waals surface area contributed by atoms with E-state index in [1.807, 2.05) is 0 Å². The number of hydrogen-bond donors (Lipinski definition) is 0. The average Bonchev–Trinajstić information content (AvgIpc) is 2.74. The van der Waals surface area contributed by atoms with E-state index in [4.69, 9.17) is 0 Å². The van der Waals surface area contributed by atoms with Gasteiger partial charge in [0.05, 0.1) is 0 Å². The molecule has 1 fully saturated rings. The third-order valence-electron chi connectivity index (χ3n) is 7.12. The minimum atomic E-state index is 0.242. The van der Waals surface area contributed by atoms with E-state index in [1.54, 1.807) is 0 Å². The van der Waals surface area contributed by atoms with Gasteiger partial charge in [-0.1, -0.05) is 89.2 Å². The van der Waals surface area contributed by atoms with Gasteiger partial charge in [-0.25, -0.2) is 0 Å². The lowest BCUT2D eigenvalue weighted by Crippen LogP contribution is -2.35. The van der Waals surface area contributed by atoms with E-state index < -0.39 is 0 Å². The zero-order valence-electron chi connectivity index (χ0n) is 19.3. The molecular formula is C28H41N. The van der Waals surface area contributed by atoms with Crippen LogP contribution in [0, 0.1) is 5.92 Å². The Hall–Kier alpha value is -1.60. The molecule has 1 aliphatic rings. The van der Waals surface area contributed by atoms with Gasteiger partial charge in [-0.3, -0.25) is 0 Å². The lowest BCUT2D eigenvalue weighted by Gasteiger charge is -2.35. The Labute approximate surface area is 179 Å². The predicted molar refractivity (Wildman–Crippen MR) is 127 cm³/mol. The number of rotatable bonds is 7. The molecule has 2 atom stereocenters. The van der Waals surface area contributed by atoms with E-state index in [2.05, 4.69) is 94.1 Å².